The third-order valence-electron chi connectivity index (χ3n) is 3.78. The standard InChI is InChI=1S/C17H26/c1-6-7-9-14(2)11-12-16-15(3)10-8-13-17(16,4)5/h6,10-12,16H,1-2,7-9,13H2,3-5H3/b12-11+. The molecular weight excluding hydrogens is 204 g/mol. The van der Waals surface area contributed by atoms with Crippen molar-refractivity contribution in [3.8, 4) is 0 Å². The zero-order chi connectivity index (χ0) is 12.9. The summed E-state index contributed by atoms with van der Waals surface area (Å²) in [6.07, 6.45) is 13.4. The lowest BCUT2D eigenvalue weighted by Crippen LogP contribution is -2.26. The lowest BCUT2D eigenvalue weighted by molar-refractivity contribution is 0.255. The van der Waals surface area contributed by atoms with E-state index < -0.39 is 0 Å². The van der Waals surface area contributed by atoms with Crippen molar-refractivity contribution in [2.24, 2.45) is 11.3 Å². The van der Waals surface area contributed by atoms with Gasteiger partial charge >= 0.3 is 0 Å². The van der Waals surface area contributed by atoms with Crippen LogP contribution in [0, 0.1) is 11.3 Å². The summed E-state index contributed by atoms with van der Waals surface area (Å²) in [5.41, 5.74) is 3.10. The summed E-state index contributed by atoms with van der Waals surface area (Å²) in [5.74, 6) is 0.566. The Balaban J connectivity index is 2.68. The van der Waals surface area contributed by atoms with E-state index in [1.165, 1.54) is 24.0 Å². The normalized spacial score (nSPS) is 23.5. The van der Waals surface area contributed by atoms with E-state index in [1.807, 2.05) is 6.08 Å². The molecule has 0 spiro atoms. The Morgan fingerprint density at radius 1 is 1.53 bits per heavy atom. The second-order valence-electron chi connectivity index (χ2n) is 5.80. The van der Waals surface area contributed by atoms with Gasteiger partial charge in [0.25, 0.3) is 0 Å². The zero-order valence-corrected chi connectivity index (χ0v) is 11.6. The Bertz CT molecular complexity index is 339. The molecule has 1 unspecified atom stereocenters. The number of hydrogen-bond donors (Lipinski definition) is 0. The van der Waals surface area contributed by atoms with Crippen molar-refractivity contribution in [3.63, 3.8) is 0 Å². The topological polar surface area (TPSA) is 0 Å². The molecule has 0 heterocycles. The minimum atomic E-state index is 0.383. The van der Waals surface area contributed by atoms with Crippen LogP contribution in [0.3, 0.4) is 0 Å². The summed E-state index contributed by atoms with van der Waals surface area (Å²) in [4.78, 5) is 0. The largest absolute Gasteiger partial charge is 0.103 e. The van der Waals surface area contributed by atoms with Gasteiger partial charge in [-0.05, 0) is 38.0 Å². The Kier molecular flexibility index (Phi) is 4.99. The molecule has 17 heavy (non-hydrogen) atoms. The first-order valence-electron chi connectivity index (χ1n) is 6.61. The molecule has 0 aromatic carbocycles. The van der Waals surface area contributed by atoms with Gasteiger partial charge in [-0.2, -0.15) is 0 Å². The van der Waals surface area contributed by atoms with Crippen LogP contribution in [0.2, 0.25) is 0 Å². The van der Waals surface area contributed by atoms with Crippen LogP contribution in [0.25, 0.3) is 0 Å². The van der Waals surface area contributed by atoms with Crippen molar-refractivity contribution in [1.82, 2.24) is 0 Å². The molecule has 0 saturated carbocycles. The van der Waals surface area contributed by atoms with Gasteiger partial charge in [0.15, 0.2) is 0 Å². The Hall–Kier alpha value is -1.04. The quantitative estimate of drug-likeness (QED) is 0.435. The van der Waals surface area contributed by atoms with Crippen LogP contribution >= 0.6 is 0 Å². The molecule has 0 saturated heterocycles. The van der Waals surface area contributed by atoms with E-state index in [0.717, 1.165) is 12.8 Å². The summed E-state index contributed by atoms with van der Waals surface area (Å²) in [6.45, 7) is 14.8. The molecule has 94 valence electrons. The van der Waals surface area contributed by atoms with E-state index in [9.17, 15) is 0 Å². The highest BCUT2D eigenvalue weighted by Crippen LogP contribution is 2.41. The fraction of sp³-hybridized carbons (Fsp3) is 0.529. The van der Waals surface area contributed by atoms with Gasteiger partial charge < -0.3 is 0 Å². The van der Waals surface area contributed by atoms with Crippen LogP contribution in [-0.4, -0.2) is 0 Å². The average molecular weight is 230 g/mol. The van der Waals surface area contributed by atoms with E-state index >= 15 is 0 Å². The van der Waals surface area contributed by atoms with Crippen LogP contribution in [-0.2, 0) is 0 Å². The third-order valence-corrected chi connectivity index (χ3v) is 3.78. The van der Waals surface area contributed by atoms with E-state index in [1.54, 1.807) is 0 Å². The van der Waals surface area contributed by atoms with Crippen molar-refractivity contribution < 1.29 is 0 Å². The fourth-order valence-electron chi connectivity index (χ4n) is 2.59. The summed E-state index contributed by atoms with van der Waals surface area (Å²) in [5, 5.41) is 0. The molecule has 0 aromatic heterocycles. The predicted octanol–water partition coefficient (Wildman–Crippen LogP) is 5.45. The lowest BCUT2D eigenvalue weighted by atomic mass is 9.68. The maximum atomic E-state index is 4.10. The van der Waals surface area contributed by atoms with Crippen molar-refractivity contribution in [3.05, 3.63) is 48.6 Å². The first-order chi connectivity index (χ1) is 7.97. The molecule has 0 aromatic rings. The minimum Gasteiger partial charge on any atom is -0.103 e. The second-order valence-corrected chi connectivity index (χ2v) is 5.80. The molecule has 1 aliphatic rings. The third kappa shape index (κ3) is 4.03. The van der Waals surface area contributed by atoms with Gasteiger partial charge in [0.1, 0.15) is 0 Å². The van der Waals surface area contributed by atoms with E-state index in [4.69, 9.17) is 0 Å². The van der Waals surface area contributed by atoms with Crippen LogP contribution in [0.15, 0.2) is 48.6 Å². The monoisotopic (exact) mass is 230 g/mol. The van der Waals surface area contributed by atoms with Crippen LogP contribution in [0.4, 0.5) is 0 Å². The van der Waals surface area contributed by atoms with Crippen molar-refractivity contribution >= 4 is 0 Å². The second kappa shape index (κ2) is 6.05. The van der Waals surface area contributed by atoms with Gasteiger partial charge in [-0.15, -0.1) is 6.58 Å². The Labute approximate surface area is 107 Å². The molecule has 0 nitrogen and oxygen atoms in total. The summed E-state index contributed by atoms with van der Waals surface area (Å²) in [6, 6.07) is 0. The van der Waals surface area contributed by atoms with Crippen molar-refractivity contribution in [2.45, 2.75) is 46.5 Å². The molecule has 1 aliphatic carbocycles. The molecule has 1 atom stereocenters. The molecule has 0 radical (unpaired) electrons. The maximum absolute atomic E-state index is 4.10. The molecule has 0 amide bonds. The van der Waals surface area contributed by atoms with Gasteiger partial charge in [0.2, 0.25) is 0 Å². The molecule has 0 fully saturated rings. The Morgan fingerprint density at radius 2 is 2.24 bits per heavy atom. The van der Waals surface area contributed by atoms with Crippen LogP contribution in [0.5, 0.6) is 0 Å². The van der Waals surface area contributed by atoms with Gasteiger partial charge in [0, 0.05) is 5.92 Å². The maximum Gasteiger partial charge on any atom is 0.00285 e. The smallest absolute Gasteiger partial charge is 0.00285 e. The van der Waals surface area contributed by atoms with E-state index in [-0.39, 0.29) is 0 Å². The number of hydrogen-bond acceptors (Lipinski definition) is 0. The number of rotatable bonds is 5. The van der Waals surface area contributed by atoms with Gasteiger partial charge in [0.05, 0.1) is 0 Å². The van der Waals surface area contributed by atoms with E-state index in [2.05, 4.69) is 52.2 Å². The van der Waals surface area contributed by atoms with Gasteiger partial charge in [-0.1, -0.05) is 55.9 Å². The zero-order valence-electron chi connectivity index (χ0n) is 11.6. The molecule has 0 N–H and O–H groups in total. The van der Waals surface area contributed by atoms with Gasteiger partial charge in [-0.3, -0.25) is 0 Å². The molecule has 1 rings (SSSR count). The molecule has 0 bridgehead atoms. The first kappa shape index (κ1) is 14.0. The first-order valence-corrected chi connectivity index (χ1v) is 6.61. The average Bonchev–Trinajstić information content (AvgIpc) is 2.24. The van der Waals surface area contributed by atoms with Crippen molar-refractivity contribution in [1.29, 1.82) is 0 Å². The SMILES string of the molecule is C=CCCC(=C)/C=C/C1C(C)=CCCC1(C)C. The minimum absolute atomic E-state index is 0.383. The highest BCUT2D eigenvalue weighted by atomic mass is 14.3. The Morgan fingerprint density at radius 3 is 2.82 bits per heavy atom. The predicted molar refractivity (Wildman–Crippen MR) is 78.0 cm³/mol. The summed E-state index contributed by atoms with van der Waals surface area (Å²) >= 11 is 0. The van der Waals surface area contributed by atoms with Crippen LogP contribution in [0.1, 0.15) is 46.5 Å². The fourth-order valence-corrected chi connectivity index (χ4v) is 2.59. The number of allylic oxidation sites excluding steroid dienone is 6. The highest BCUT2D eigenvalue weighted by Gasteiger charge is 2.30. The van der Waals surface area contributed by atoms with Crippen molar-refractivity contribution in [2.75, 3.05) is 0 Å². The lowest BCUT2D eigenvalue weighted by Gasteiger charge is -2.36. The molecule has 0 aliphatic heterocycles. The molecular formula is C17H26. The van der Waals surface area contributed by atoms with Crippen LogP contribution < -0.4 is 0 Å². The van der Waals surface area contributed by atoms with E-state index in [0.29, 0.717) is 11.3 Å². The highest BCUT2D eigenvalue weighted by molar-refractivity contribution is 5.24. The summed E-state index contributed by atoms with van der Waals surface area (Å²) < 4.78 is 0. The summed E-state index contributed by atoms with van der Waals surface area (Å²) in [7, 11) is 0. The van der Waals surface area contributed by atoms with Gasteiger partial charge in [-0.25, -0.2) is 0 Å². The molecule has 0 heteroatoms.